The van der Waals surface area contributed by atoms with Gasteiger partial charge in [-0.15, -0.1) is 0 Å². The summed E-state index contributed by atoms with van der Waals surface area (Å²) in [6.07, 6.45) is 6.07. The molecule has 1 saturated carbocycles. The van der Waals surface area contributed by atoms with Crippen LogP contribution in [0.3, 0.4) is 0 Å². The lowest BCUT2D eigenvalue weighted by Crippen LogP contribution is -2.33. The second-order valence-electron chi connectivity index (χ2n) is 6.51. The number of piperidine rings is 1. The van der Waals surface area contributed by atoms with Crippen molar-refractivity contribution in [2.45, 2.75) is 32.1 Å². The van der Waals surface area contributed by atoms with E-state index < -0.39 is 0 Å². The lowest BCUT2D eigenvalue weighted by Gasteiger charge is -2.22. The second kappa shape index (κ2) is 7.63. The second-order valence-corrected chi connectivity index (χ2v) is 6.51. The molecule has 1 amide bonds. The smallest absolute Gasteiger partial charge is 0.255 e. The molecule has 22 heavy (non-hydrogen) atoms. The van der Waals surface area contributed by atoms with Gasteiger partial charge >= 0.3 is 0 Å². The number of benzene rings is 1. The predicted molar refractivity (Wildman–Crippen MR) is 87.2 cm³/mol. The minimum atomic E-state index is -0.0184. The number of rotatable bonds is 7. The van der Waals surface area contributed by atoms with Crippen molar-refractivity contribution in [3.8, 4) is 5.75 Å². The van der Waals surface area contributed by atoms with Crippen LogP contribution in [-0.2, 0) is 0 Å². The SMILES string of the molecule is O=C(NCCC1CCCNC1)c1ccccc1OCC1CC1. The van der Waals surface area contributed by atoms with E-state index in [9.17, 15) is 4.79 Å². The zero-order valence-corrected chi connectivity index (χ0v) is 13.1. The molecule has 1 aliphatic heterocycles. The van der Waals surface area contributed by atoms with Crippen molar-refractivity contribution < 1.29 is 9.53 Å². The molecular formula is C18H26N2O2. The van der Waals surface area contributed by atoms with Gasteiger partial charge in [-0.1, -0.05) is 12.1 Å². The van der Waals surface area contributed by atoms with E-state index >= 15 is 0 Å². The van der Waals surface area contributed by atoms with Gasteiger partial charge in [0.2, 0.25) is 0 Å². The topological polar surface area (TPSA) is 50.4 Å². The third-order valence-corrected chi connectivity index (χ3v) is 4.54. The van der Waals surface area contributed by atoms with Crippen molar-refractivity contribution in [2.75, 3.05) is 26.2 Å². The highest BCUT2D eigenvalue weighted by Gasteiger charge is 2.23. The lowest BCUT2D eigenvalue weighted by molar-refractivity contribution is 0.0946. The van der Waals surface area contributed by atoms with Crippen LogP contribution >= 0.6 is 0 Å². The van der Waals surface area contributed by atoms with Crippen molar-refractivity contribution in [1.29, 1.82) is 0 Å². The minimum absolute atomic E-state index is 0.0184. The Morgan fingerprint density at radius 1 is 1.23 bits per heavy atom. The van der Waals surface area contributed by atoms with Gasteiger partial charge in [0, 0.05) is 6.54 Å². The summed E-state index contributed by atoms with van der Waals surface area (Å²) in [7, 11) is 0. The fourth-order valence-corrected chi connectivity index (χ4v) is 2.93. The Bertz CT molecular complexity index is 494. The molecule has 0 bridgehead atoms. The Kier molecular flexibility index (Phi) is 5.33. The van der Waals surface area contributed by atoms with E-state index in [-0.39, 0.29) is 5.91 Å². The van der Waals surface area contributed by atoms with Crippen molar-refractivity contribution in [3.05, 3.63) is 29.8 Å². The normalized spacial score (nSPS) is 21.4. The molecule has 120 valence electrons. The zero-order valence-electron chi connectivity index (χ0n) is 13.1. The zero-order chi connectivity index (χ0) is 15.2. The number of hydrogen-bond donors (Lipinski definition) is 2. The van der Waals surface area contributed by atoms with Crippen LogP contribution in [-0.4, -0.2) is 32.1 Å². The number of carbonyl (C=O) groups excluding carboxylic acids is 1. The van der Waals surface area contributed by atoms with Gasteiger partial charge in [-0.3, -0.25) is 4.79 Å². The molecule has 2 N–H and O–H groups in total. The third kappa shape index (κ3) is 4.47. The fraction of sp³-hybridized carbons (Fsp3) is 0.611. The fourth-order valence-electron chi connectivity index (χ4n) is 2.93. The number of carbonyl (C=O) groups is 1. The van der Waals surface area contributed by atoms with E-state index in [2.05, 4.69) is 10.6 Å². The quantitative estimate of drug-likeness (QED) is 0.814. The molecule has 1 aliphatic carbocycles. The summed E-state index contributed by atoms with van der Waals surface area (Å²) in [5.41, 5.74) is 0.657. The molecule has 1 atom stereocenters. The van der Waals surface area contributed by atoms with Crippen LogP contribution in [0.1, 0.15) is 42.5 Å². The van der Waals surface area contributed by atoms with Gasteiger partial charge in [-0.25, -0.2) is 0 Å². The standard InChI is InChI=1S/C18H26N2O2/c21-18(20-11-9-14-4-3-10-19-12-14)16-5-1-2-6-17(16)22-13-15-7-8-15/h1-2,5-6,14-15,19H,3-4,7-13H2,(H,20,21). The summed E-state index contributed by atoms with van der Waals surface area (Å²) in [6.45, 7) is 3.69. The minimum Gasteiger partial charge on any atom is -0.492 e. The highest BCUT2D eigenvalue weighted by atomic mass is 16.5. The predicted octanol–water partition coefficient (Wildman–Crippen LogP) is 2.59. The molecule has 4 heteroatoms. The van der Waals surface area contributed by atoms with Crippen LogP contribution in [0.4, 0.5) is 0 Å². The average Bonchev–Trinajstić information content (AvgIpc) is 3.38. The van der Waals surface area contributed by atoms with E-state index in [0.717, 1.165) is 32.7 Å². The number of ether oxygens (including phenoxy) is 1. The molecule has 4 nitrogen and oxygen atoms in total. The first-order chi connectivity index (χ1) is 10.8. The van der Waals surface area contributed by atoms with Crippen molar-refractivity contribution >= 4 is 5.91 Å². The first-order valence-electron chi connectivity index (χ1n) is 8.53. The summed E-state index contributed by atoms with van der Waals surface area (Å²) in [6, 6.07) is 7.55. The molecule has 1 aromatic carbocycles. The summed E-state index contributed by atoms with van der Waals surface area (Å²) in [5, 5.41) is 6.46. The molecule has 1 unspecified atom stereocenters. The Balaban J connectivity index is 1.48. The van der Waals surface area contributed by atoms with Crippen molar-refractivity contribution in [1.82, 2.24) is 10.6 Å². The molecule has 1 saturated heterocycles. The number of amides is 1. The van der Waals surface area contributed by atoms with Crippen LogP contribution in [0.2, 0.25) is 0 Å². The van der Waals surface area contributed by atoms with E-state index in [0.29, 0.717) is 23.1 Å². The molecule has 1 heterocycles. The van der Waals surface area contributed by atoms with Gasteiger partial charge in [0.1, 0.15) is 5.75 Å². The Hall–Kier alpha value is -1.55. The molecule has 0 aromatic heterocycles. The van der Waals surface area contributed by atoms with Gasteiger partial charge in [0.15, 0.2) is 0 Å². The largest absolute Gasteiger partial charge is 0.492 e. The first-order valence-corrected chi connectivity index (χ1v) is 8.53. The van der Waals surface area contributed by atoms with Gasteiger partial charge in [0.05, 0.1) is 12.2 Å². The van der Waals surface area contributed by atoms with Crippen molar-refractivity contribution in [2.24, 2.45) is 11.8 Å². The van der Waals surface area contributed by atoms with Crippen LogP contribution in [0.5, 0.6) is 5.75 Å². The Morgan fingerprint density at radius 2 is 2.09 bits per heavy atom. The number of para-hydroxylation sites is 1. The lowest BCUT2D eigenvalue weighted by atomic mass is 9.96. The highest BCUT2D eigenvalue weighted by Crippen LogP contribution is 2.30. The van der Waals surface area contributed by atoms with E-state index in [4.69, 9.17) is 4.74 Å². The van der Waals surface area contributed by atoms with Crippen LogP contribution in [0.15, 0.2) is 24.3 Å². The summed E-state index contributed by atoms with van der Waals surface area (Å²) in [5.74, 6) is 2.08. The molecule has 2 aliphatic rings. The van der Waals surface area contributed by atoms with Gasteiger partial charge in [-0.05, 0) is 69.2 Å². The summed E-state index contributed by atoms with van der Waals surface area (Å²) < 4.78 is 5.81. The van der Waals surface area contributed by atoms with Gasteiger partial charge < -0.3 is 15.4 Å². The van der Waals surface area contributed by atoms with Crippen LogP contribution in [0, 0.1) is 11.8 Å². The van der Waals surface area contributed by atoms with Gasteiger partial charge in [-0.2, -0.15) is 0 Å². The third-order valence-electron chi connectivity index (χ3n) is 4.54. The maximum absolute atomic E-state index is 12.4. The number of nitrogens with one attached hydrogen (secondary N) is 2. The van der Waals surface area contributed by atoms with E-state index in [1.807, 2.05) is 24.3 Å². The Labute approximate surface area is 132 Å². The monoisotopic (exact) mass is 302 g/mol. The summed E-state index contributed by atoms with van der Waals surface area (Å²) >= 11 is 0. The molecule has 1 aromatic rings. The maximum Gasteiger partial charge on any atom is 0.255 e. The van der Waals surface area contributed by atoms with Crippen molar-refractivity contribution in [3.63, 3.8) is 0 Å². The highest BCUT2D eigenvalue weighted by molar-refractivity contribution is 5.96. The molecule has 0 spiro atoms. The van der Waals surface area contributed by atoms with Gasteiger partial charge in [0.25, 0.3) is 5.91 Å². The van der Waals surface area contributed by atoms with Crippen LogP contribution in [0.25, 0.3) is 0 Å². The average molecular weight is 302 g/mol. The van der Waals surface area contributed by atoms with E-state index in [1.165, 1.54) is 25.7 Å². The molecule has 3 rings (SSSR count). The molecule has 2 fully saturated rings. The van der Waals surface area contributed by atoms with Crippen LogP contribution < -0.4 is 15.4 Å². The molecular weight excluding hydrogens is 276 g/mol. The van der Waals surface area contributed by atoms with E-state index in [1.54, 1.807) is 0 Å². The first kappa shape index (κ1) is 15.3. The number of hydrogen-bond acceptors (Lipinski definition) is 3. The maximum atomic E-state index is 12.4. The Morgan fingerprint density at radius 3 is 2.86 bits per heavy atom. The summed E-state index contributed by atoms with van der Waals surface area (Å²) in [4.78, 5) is 12.4. The molecule has 0 radical (unpaired) electrons.